The van der Waals surface area contributed by atoms with Gasteiger partial charge in [-0.3, -0.25) is 4.90 Å². The van der Waals surface area contributed by atoms with Gasteiger partial charge in [0.05, 0.1) is 4.90 Å². The molecule has 0 aliphatic carbocycles. The molecule has 0 heterocycles. The first-order valence-electron chi connectivity index (χ1n) is 6.95. The maximum absolute atomic E-state index is 12.3. The van der Waals surface area contributed by atoms with E-state index in [1.54, 1.807) is 12.1 Å². The maximum Gasteiger partial charge on any atom is 0.241 e. The predicted molar refractivity (Wildman–Crippen MR) is 90.7 cm³/mol. The van der Waals surface area contributed by atoms with Crippen LogP contribution in [-0.2, 0) is 10.0 Å². The number of sulfonamides is 1. The summed E-state index contributed by atoms with van der Waals surface area (Å²) in [7, 11) is -3.53. The Hall–Kier alpha value is -0.630. The van der Waals surface area contributed by atoms with Gasteiger partial charge in [0.25, 0.3) is 0 Å². The van der Waals surface area contributed by atoms with Gasteiger partial charge >= 0.3 is 0 Å². The van der Waals surface area contributed by atoms with E-state index in [9.17, 15) is 8.42 Å². The summed E-state index contributed by atoms with van der Waals surface area (Å²) >= 11 is 3.24. The second-order valence-electron chi connectivity index (χ2n) is 5.51. The minimum Gasteiger partial charge on any atom is -0.399 e. The lowest BCUT2D eigenvalue weighted by molar-refractivity contribution is 0.179. The average Bonchev–Trinajstić information content (AvgIpc) is 2.33. The zero-order valence-corrected chi connectivity index (χ0v) is 15.3. The Morgan fingerprint density at radius 1 is 1.24 bits per heavy atom. The van der Waals surface area contributed by atoms with Gasteiger partial charge in [-0.05, 0) is 61.8 Å². The molecule has 0 saturated carbocycles. The van der Waals surface area contributed by atoms with E-state index in [0.29, 0.717) is 35.3 Å². The molecule has 1 aromatic rings. The minimum absolute atomic E-state index is 0.206. The van der Waals surface area contributed by atoms with Crippen molar-refractivity contribution in [2.75, 3.05) is 18.8 Å². The fourth-order valence-corrected chi connectivity index (χ4v) is 4.35. The van der Waals surface area contributed by atoms with Gasteiger partial charge in [-0.15, -0.1) is 0 Å². The zero-order chi connectivity index (χ0) is 16.2. The number of benzene rings is 1. The van der Waals surface area contributed by atoms with Crippen LogP contribution in [0.5, 0.6) is 0 Å². The standard InChI is InChI=1S/C14H24BrN3O2S/c1-10(2)18(11(3)4)8-7-17-21(19,20)14-6-5-12(16)9-13(14)15/h5-6,9-11,17H,7-8,16H2,1-4H3. The van der Waals surface area contributed by atoms with Crippen LogP contribution in [0.4, 0.5) is 5.69 Å². The summed E-state index contributed by atoms with van der Waals surface area (Å²) in [5.74, 6) is 0. The number of halogens is 1. The second-order valence-corrected chi connectivity index (χ2v) is 8.10. The monoisotopic (exact) mass is 377 g/mol. The minimum atomic E-state index is -3.53. The quantitative estimate of drug-likeness (QED) is 0.715. The fourth-order valence-electron chi connectivity index (χ4n) is 2.23. The van der Waals surface area contributed by atoms with Crippen LogP contribution in [0, 0.1) is 0 Å². The van der Waals surface area contributed by atoms with Gasteiger partial charge in [-0.25, -0.2) is 13.1 Å². The van der Waals surface area contributed by atoms with E-state index in [0.717, 1.165) is 0 Å². The Balaban J connectivity index is 2.73. The van der Waals surface area contributed by atoms with Crippen molar-refractivity contribution in [1.82, 2.24) is 9.62 Å². The smallest absolute Gasteiger partial charge is 0.241 e. The normalized spacial score (nSPS) is 12.6. The van der Waals surface area contributed by atoms with Gasteiger partial charge in [0, 0.05) is 35.3 Å². The van der Waals surface area contributed by atoms with Crippen LogP contribution in [0.1, 0.15) is 27.7 Å². The average molecular weight is 378 g/mol. The number of rotatable bonds is 7. The Kier molecular flexibility index (Phi) is 6.65. The third-order valence-electron chi connectivity index (χ3n) is 3.23. The second kappa shape index (κ2) is 7.58. The van der Waals surface area contributed by atoms with Crippen molar-refractivity contribution in [3.63, 3.8) is 0 Å². The highest BCUT2D eigenvalue weighted by atomic mass is 79.9. The Morgan fingerprint density at radius 2 is 1.81 bits per heavy atom. The molecular weight excluding hydrogens is 354 g/mol. The number of anilines is 1. The van der Waals surface area contributed by atoms with E-state index in [2.05, 4.69) is 53.2 Å². The van der Waals surface area contributed by atoms with Crippen LogP contribution in [0.25, 0.3) is 0 Å². The lowest BCUT2D eigenvalue weighted by Crippen LogP contribution is -2.42. The highest BCUT2D eigenvalue weighted by Gasteiger charge is 2.19. The molecule has 0 aliphatic rings. The van der Waals surface area contributed by atoms with E-state index in [4.69, 9.17) is 5.73 Å². The van der Waals surface area contributed by atoms with E-state index in [1.807, 2.05) is 0 Å². The van der Waals surface area contributed by atoms with Gasteiger partial charge in [0.2, 0.25) is 10.0 Å². The molecule has 7 heteroatoms. The third kappa shape index (κ3) is 5.25. The van der Waals surface area contributed by atoms with Crippen LogP contribution in [-0.4, -0.2) is 38.5 Å². The summed E-state index contributed by atoms with van der Waals surface area (Å²) in [6, 6.07) is 5.41. The van der Waals surface area contributed by atoms with Crippen molar-refractivity contribution in [2.24, 2.45) is 0 Å². The molecule has 120 valence electrons. The van der Waals surface area contributed by atoms with Crippen molar-refractivity contribution in [1.29, 1.82) is 0 Å². The van der Waals surface area contributed by atoms with E-state index < -0.39 is 10.0 Å². The van der Waals surface area contributed by atoms with Gasteiger partial charge < -0.3 is 5.73 Å². The molecule has 0 radical (unpaired) electrons. The first-order chi connectivity index (χ1) is 9.65. The van der Waals surface area contributed by atoms with Crippen LogP contribution in [0.15, 0.2) is 27.6 Å². The summed E-state index contributed by atoms with van der Waals surface area (Å²) in [6.07, 6.45) is 0. The molecule has 3 N–H and O–H groups in total. The SMILES string of the molecule is CC(C)N(CCNS(=O)(=O)c1ccc(N)cc1Br)C(C)C. The van der Waals surface area contributed by atoms with Crippen LogP contribution < -0.4 is 10.5 Å². The molecular formula is C14H24BrN3O2S. The summed E-state index contributed by atoms with van der Waals surface area (Å²) in [5, 5.41) is 0. The topological polar surface area (TPSA) is 75.4 Å². The zero-order valence-electron chi connectivity index (χ0n) is 12.9. The van der Waals surface area contributed by atoms with Gasteiger partial charge in [-0.2, -0.15) is 0 Å². The fraction of sp³-hybridized carbons (Fsp3) is 0.571. The Morgan fingerprint density at radius 3 is 2.29 bits per heavy atom. The molecule has 0 aromatic heterocycles. The lowest BCUT2D eigenvalue weighted by atomic mass is 10.2. The highest BCUT2D eigenvalue weighted by Crippen LogP contribution is 2.23. The lowest BCUT2D eigenvalue weighted by Gasteiger charge is -2.30. The molecule has 21 heavy (non-hydrogen) atoms. The Bertz CT molecular complexity index is 566. The number of hydrogen-bond acceptors (Lipinski definition) is 4. The molecule has 0 fully saturated rings. The summed E-state index contributed by atoms with van der Waals surface area (Å²) < 4.78 is 27.7. The molecule has 0 aliphatic heterocycles. The molecule has 5 nitrogen and oxygen atoms in total. The number of nitrogens with one attached hydrogen (secondary N) is 1. The molecule has 0 atom stereocenters. The largest absolute Gasteiger partial charge is 0.399 e. The summed E-state index contributed by atoms with van der Waals surface area (Å²) in [6.45, 7) is 9.45. The molecule has 0 spiro atoms. The van der Waals surface area contributed by atoms with Gasteiger partial charge in [0.15, 0.2) is 0 Å². The number of nitrogens with zero attached hydrogens (tertiary/aromatic N) is 1. The van der Waals surface area contributed by atoms with E-state index in [1.165, 1.54) is 6.07 Å². The first kappa shape index (κ1) is 18.4. The van der Waals surface area contributed by atoms with Crippen LogP contribution >= 0.6 is 15.9 Å². The third-order valence-corrected chi connectivity index (χ3v) is 5.67. The molecule has 0 amide bonds. The van der Waals surface area contributed by atoms with Crippen molar-refractivity contribution in [3.05, 3.63) is 22.7 Å². The summed E-state index contributed by atoms with van der Waals surface area (Å²) in [5.41, 5.74) is 6.15. The number of hydrogen-bond donors (Lipinski definition) is 2. The Labute approximate surface area is 136 Å². The van der Waals surface area contributed by atoms with Crippen molar-refractivity contribution in [2.45, 2.75) is 44.7 Å². The van der Waals surface area contributed by atoms with Gasteiger partial charge in [-0.1, -0.05) is 0 Å². The van der Waals surface area contributed by atoms with Crippen molar-refractivity contribution < 1.29 is 8.42 Å². The molecule has 1 rings (SSSR count). The predicted octanol–water partition coefficient (Wildman–Crippen LogP) is 2.43. The van der Waals surface area contributed by atoms with E-state index >= 15 is 0 Å². The number of nitrogen functional groups attached to an aromatic ring is 1. The van der Waals surface area contributed by atoms with E-state index in [-0.39, 0.29) is 4.90 Å². The maximum atomic E-state index is 12.3. The molecule has 0 unspecified atom stereocenters. The molecule has 0 saturated heterocycles. The molecule has 0 bridgehead atoms. The van der Waals surface area contributed by atoms with Crippen LogP contribution in [0.3, 0.4) is 0 Å². The first-order valence-corrected chi connectivity index (χ1v) is 9.23. The highest BCUT2D eigenvalue weighted by molar-refractivity contribution is 9.10. The van der Waals surface area contributed by atoms with Crippen molar-refractivity contribution >= 4 is 31.6 Å². The van der Waals surface area contributed by atoms with Crippen LogP contribution in [0.2, 0.25) is 0 Å². The van der Waals surface area contributed by atoms with Crippen molar-refractivity contribution in [3.8, 4) is 0 Å². The molecule has 1 aromatic carbocycles. The summed E-state index contributed by atoms with van der Waals surface area (Å²) in [4.78, 5) is 2.44. The number of nitrogens with two attached hydrogens (primary N) is 1. The van der Waals surface area contributed by atoms with Gasteiger partial charge in [0.1, 0.15) is 0 Å².